The van der Waals surface area contributed by atoms with Crippen LogP contribution in [0, 0.1) is 11.8 Å². The second kappa shape index (κ2) is 7.59. The number of hydrogen-bond acceptors (Lipinski definition) is 1. The van der Waals surface area contributed by atoms with E-state index in [0.717, 1.165) is 18.4 Å². The van der Waals surface area contributed by atoms with Gasteiger partial charge in [0.05, 0.1) is 11.9 Å². The van der Waals surface area contributed by atoms with Crippen LogP contribution in [0.5, 0.6) is 0 Å². The Kier molecular flexibility index (Phi) is 5.05. The van der Waals surface area contributed by atoms with Crippen LogP contribution in [0.25, 0.3) is 11.3 Å². The molecule has 25 heavy (non-hydrogen) atoms. The molecule has 132 valence electrons. The molecule has 0 N–H and O–H groups in total. The van der Waals surface area contributed by atoms with Crippen molar-refractivity contribution in [3.8, 4) is 11.3 Å². The topological polar surface area (TPSA) is 17.8 Å². The molecular formula is C23H30N2. The Morgan fingerprint density at radius 1 is 1.04 bits per heavy atom. The predicted octanol–water partition coefficient (Wildman–Crippen LogP) is 6.20. The van der Waals surface area contributed by atoms with E-state index in [2.05, 4.69) is 60.3 Å². The number of nitrogens with zero attached hydrogens (tertiary/aromatic N) is 2. The van der Waals surface area contributed by atoms with Gasteiger partial charge in [0.2, 0.25) is 0 Å². The van der Waals surface area contributed by atoms with Crippen LogP contribution < -0.4 is 0 Å². The summed E-state index contributed by atoms with van der Waals surface area (Å²) in [5.74, 6) is 2.22. The lowest BCUT2D eigenvalue weighted by molar-refractivity contribution is 0.258. The molecule has 1 atom stereocenters. The van der Waals surface area contributed by atoms with Crippen LogP contribution in [-0.4, -0.2) is 9.78 Å². The van der Waals surface area contributed by atoms with Gasteiger partial charge in [-0.15, -0.1) is 0 Å². The Bertz CT molecular complexity index is 705. The van der Waals surface area contributed by atoms with Crippen LogP contribution in [0.1, 0.15) is 63.4 Å². The molecular weight excluding hydrogens is 304 g/mol. The van der Waals surface area contributed by atoms with Gasteiger partial charge in [0.15, 0.2) is 0 Å². The van der Waals surface area contributed by atoms with Gasteiger partial charge in [0, 0.05) is 23.6 Å². The molecule has 2 nitrogen and oxygen atoms in total. The summed E-state index contributed by atoms with van der Waals surface area (Å²) in [5.41, 5.74) is 4.10. The normalized spacial score (nSPS) is 26.7. The highest BCUT2D eigenvalue weighted by molar-refractivity contribution is 5.64. The van der Waals surface area contributed by atoms with Crippen molar-refractivity contribution in [2.75, 3.05) is 0 Å². The van der Waals surface area contributed by atoms with Crippen molar-refractivity contribution < 1.29 is 0 Å². The van der Waals surface area contributed by atoms with Gasteiger partial charge in [-0.3, -0.25) is 4.68 Å². The van der Waals surface area contributed by atoms with Crippen LogP contribution in [-0.2, 0) is 6.54 Å². The smallest absolute Gasteiger partial charge is 0.0720 e. The first-order valence-electron chi connectivity index (χ1n) is 10.1. The molecule has 1 heterocycles. The highest BCUT2D eigenvalue weighted by Gasteiger charge is 2.24. The summed E-state index contributed by atoms with van der Waals surface area (Å²) in [7, 11) is 0. The third-order valence-electron chi connectivity index (χ3n) is 6.14. The third kappa shape index (κ3) is 3.73. The Morgan fingerprint density at radius 2 is 1.84 bits per heavy atom. The van der Waals surface area contributed by atoms with Gasteiger partial charge in [-0.25, -0.2) is 0 Å². The fraction of sp³-hybridized carbons (Fsp3) is 0.522. The SMILES string of the molecule is CC1CCC(Cn2ncc(C3C=CCCC3)c2-c2ccccc2)CC1. The Morgan fingerprint density at radius 3 is 2.56 bits per heavy atom. The maximum absolute atomic E-state index is 4.86. The second-order valence-electron chi connectivity index (χ2n) is 8.09. The van der Waals surface area contributed by atoms with E-state index in [0.29, 0.717) is 5.92 Å². The van der Waals surface area contributed by atoms with Gasteiger partial charge in [-0.1, -0.05) is 62.2 Å². The van der Waals surface area contributed by atoms with E-state index >= 15 is 0 Å². The summed E-state index contributed by atoms with van der Waals surface area (Å²) < 4.78 is 2.31. The first kappa shape index (κ1) is 16.6. The molecule has 0 amide bonds. The summed E-state index contributed by atoms with van der Waals surface area (Å²) in [5, 5.41) is 4.86. The highest BCUT2D eigenvalue weighted by atomic mass is 15.3. The molecule has 1 fully saturated rings. The lowest BCUT2D eigenvalue weighted by Crippen LogP contribution is -2.19. The monoisotopic (exact) mass is 334 g/mol. The molecule has 2 heteroatoms. The van der Waals surface area contributed by atoms with Crippen molar-refractivity contribution >= 4 is 0 Å². The maximum atomic E-state index is 4.86. The lowest BCUT2D eigenvalue weighted by atomic mass is 9.83. The van der Waals surface area contributed by atoms with Gasteiger partial charge in [0.1, 0.15) is 0 Å². The standard InChI is InChI=1S/C23H30N2/c1-18-12-14-19(15-13-18)17-25-23(21-10-6-3-7-11-21)22(16-24-25)20-8-4-2-5-9-20/h3-4,6-8,10-11,16,18-20H,2,5,9,12-15,17H2,1H3. The first-order chi connectivity index (χ1) is 12.3. The summed E-state index contributed by atoms with van der Waals surface area (Å²) in [4.78, 5) is 0. The Labute approximate surface area is 152 Å². The van der Waals surface area contributed by atoms with E-state index in [1.807, 2.05) is 0 Å². The minimum absolute atomic E-state index is 0.532. The molecule has 1 unspecified atom stereocenters. The van der Waals surface area contributed by atoms with Crippen LogP contribution in [0.3, 0.4) is 0 Å². The Balaban J connectivity index is 1.65. The molecule has 1 aromatic heterocycles. The summed E-state index contributed by atoms with van der Waals surface area (Å²) >= 11 is 0. The first-order valence-corrected chi connectivity index (χ1v) is 10.1. The van der Waals surface area contributed by atoms with Crippen LogP contribution in [0.4, 0.5) is 0 Å². The maximum Gasteiger partial charge on any atom is 0.0720 e. The lowest BCUT2D eigenvalue weighted by Gasteiger charge is -2.27. The van der Waals surface area contributed by atoms with Crippen molar-refractivity contribution in [2.45, 2.75) is 64.3 Å². The second-order valence-corrected chi connectivity index (χ2v) is 8.09. The highest BCUT2D eigenvalue weighted by Crippen LogP contribution is 2.36. The summed E-state index contributed by atoms with van der Waals surface area (Å²) in [6.45, 7) is 3.47. The molecule has 0 aliphatic heterocycles. The van der Waals surface area contributed by atoms with Crippen molar-refractivity contribution in [3.05, 3.63) is 54.2 Å². The quantitative estimate of drug-likeness (QED) is 0.609. The number of rotatable bonds is 4. The van der Waals surface area contributed by atoms with Crippen molar-refractivity contribution in [1.29, 1.82) is 0 Å². The zero-order valence-corrected chi connectivity index (χ0v) is 15.4. The van der Waals surface area contributed by atoms with Gasteiger partial charge >= 0.3 is 0 Å². The Hall–Kier alpha value is -1.83. The van der Waals surface area contributed by atoms with E-state index in [1.54, 1.807) is 0 Å². The minimum atomic E-state index is 0.532. The fourth-order valence-corrected chi connectivity index (χ4v) is 4.55. The molecule has 0 saturated heterocycles. The van der Waals surface area contributed by atoms with Gasteiger partial charge in [-0.2, -0.15) is 5.10 Å². The number of allylic oxidation sites excluding steroid dienone is 2. The molecule has 2 aliphatic carbocycles. The van der Waals surface area contributed by atoms with Crippen LogP contribution >= 0.6 is 0 Å². The molecule has 2 aromatic rings. The van der Waals surface area contributed by atoms with E-state index in [1.165, 1.54) is 61.8 Å². The average molecular weight is 335 g/mol. The third-order valence-corrected chi connectivity index (χ3v) is 6.14. The van der Waals surface area contributed by atoms with Crippen molar-refractivity contribution in [2.24, 2.45) is 11.8 Å². The van der Waals surface area contributed by atoms with Gasteiger partial charge < -0.3 is 0 Å². The molecule has 1 aromatic carbocycles. The fourth-order valence-electron chi connectivity index (χ4n) is 4.55. The van der Waals surface area contributed by atoms with Crippen LogP contribution in [0.2, 0.25) is 0 Å². The zero-order valence-electron chi connectivity index (χ0n) is 15.4. The largest absolute Gasteiger partial charge is 0.264 e. The molecule has 0 bridgehead atoms. The minimum Gasteiger partial charge on any atom is -0.264 e. The van der Waals surface area contributed by atoms with Gasteiger partial charge in [0.25, 0.3) is 0 Å². The molecule has 0 spiro atoms. The predicted molar refractivity (Wildman–Crippen MR) is 105 cm³/mol. The molecule has 0 radical (unpaired) electrons. The molecule has 1 saturated carbocycles. The molecule has 4 rings (SSSR count). The summed E-state index contributed by atoms with van der Waals surface area (Å²) in [6, 6.07) is 10.9. The van der Waals surface area contributed by atoms with Crippen molar-refractivity contribution in [1.82, 2.24) is 9.78 Å². The number of aromatic nitrogens is 2. The van der Waals surface area contributed by atoms with E-state index in [-0.39, 0.29) is 0 Å². The summed E-state index contributed by atoms with van der Waals surface area (Å²) in [6.07, 6.45) is 16.1. The zero-order chi connectivity index (χ0) is 17.1. The number of hydrogen-bond donors (Lipinski definition) is 0. The van der Waals surface area contributed by atoms with E-state index in [4.69, 9.17) is 5.10 Å². The van der Waals surface area contributed by atoms with Gasteiger partial charge in [-0.05, 0) is 43.9 Å². The molecule has 2 aliphatic rings. The van der Waals surface area contributed by atoms with Crippen molar-refractivity contribution in [3.63, 3.8) is 0 Å². The number of benzene rings is 1. The van der Waals surface area contributed by atoms with E-state index in [9.17, 15) is 0 Å². The van der Waals surface area contributed by atoms with E-state index < -0.39 is 0 Å². The average Bonchev–Trinajstić information content (AvgIpc) is 3.08. The van der Waals surface area contributed by atoms with Crippen LogP contribution in [0.15, 0.2) is 48.7 Å².